The van der Waals surface area contributed by atoms with Crippen LogP contribution in [0.1, 0.15) is 17.7 Å². The summed E-state index contributed by atoms with van der Waals surface area (Å²) in [6.45, 7) is 0. The highest BCUT2D eigenvalue weighted by atomic mass is 19.4. The Morgan fingerprint density at radius 3 is 2.31 bits per heavy atom. The predicted molar refractivity (Wildman–Crippen MR) is 45.2 cm³/mol. The first-order chi connectivity index (χ1) is 7.27. The van der Waals surface area contributed by atoms with Crippen molar-refractivity contribution in [2.75, 3.05) is 12.8 Å². The van der Waals surface area contributed by atoms with E-state index in [2.05, 4.69) is 9.72 Å². The van der Waals surface area contributed by atoms with E-state index in [0.717, 1.165) is 7.11 Å². The molecule has 0 unspecified atom stereocenters. The van der Waals surface area contributed by atoms with Crippen molar-refractivity contribution in [2.24, 2.45) is 0 Å². The average molecular weight is 242 g/mol. The normalized spacial score (nSPS) is 11.9. The van der Waals surface area contributed by atoms with Gasteiger partial charge < -0.3 is 10.5 Å². The second kappa shape index (κ2) is 4.11. The minimum atomic E-state index is -4.80. The number of anilines is 1. The molecule has 2 N–H and O–H groups in total. The van der Waals surface area contributed by atoms with E-state index >= 15 is 0 Å². The zero-order valence-corrected chi connectivity index (χ0v) is 7.98. The van der Waals surface area contributed by atoms with Crippen LogP contribution in [-0.2, 0) is 6.18 Å². The molecular formula is C8H7F5N2O. The Morgan fingerprint density at radius 1 is 1.38 bits per heavy atom. The Bertz CT molecular complexity index is 391. The van der Waals surface area contributed by atoms with Gasteiger partial charge in [-0.25, -0.2) is 13.8 Å². The molecule has 16 heavy (non-hydrogen) atoms. The Labute approximate surface area is 87.0 Å². The first-order valence-electron chi connectivity index (χ1n) is 3.97. The van der Waals surface area contributed by atoms with Crippen LogP contribution in [0.5, 0.6) is 5.75 Å². The van der Waals surface area contributed by atoms with E-state index in [1.54, 1.807) is 0 Å². The smallest absolute Gasteiger partial charge is 0.423 e. The molecule has 0 saturated heterocycles. The number of ether oxygens (including phenoxy) is 1. The lowest BCUT2D eigenvalue weighted by Gasteiger charge is -2.14. The molecule has 1 aromatic rings. The number of rotatable bonds is 2. The molecule has 0 fully saturated rings. The zero-order chi connectivity index (χ0) is 12.5. The lowest BCUT2D eigenvalue weighted by atomic mass is 10.2. The quantitative estimate of drug-likeness (QED) is 0.811. The molecule has 0 aliphatic rings. The van der Waals surface area contributed by atoms with Gasteiger partial charge in [0.1, 0.15) is 22.8 Å². The van der Waals surface area contributed by atoms with Crippen molar-refractivity contribution < 1.29 is 26.7 Å². The Morgan fingerprint density at radius 2 is 1.94 bits per heavy atom. The number of aromatic nitrogens is 1. The van der Waals surface area contributed by atoms with E-state index in [1.807, 2.05) is 0 Å². The third kappa shape index (κ3) is 2.31. The van der Waals surface area contributed by atoms with E-state index < -0.39 is 35.4 Å². The van der Waals surface area contributed by atoms with Gasteiger partial charge in [0.25, 0.3) is 6.43 Å². The summed E-state index contributed by atoms with van der Waals surface area (Å²) in [6, 6.07) is 0.518. The molecule has 1 aromatic heterocycles. The SMILES string of the molecule is COc1cc(C(F)F)nc(N)c1C(F)(F)F. The van der Waals surface area contributed by atoms with E-state index in [0.29, 0.717) is 6.07 Å². The molecule has 0 atom stereocenters. The van der Waals surface area contributed by atoms with Crippen molar-refractivity contribution >= 4 is 5.82 Å². The molecule has 0 saturated carbocycles. The van der Waals surface area contributed by atoms with Crippen molar-refractivity contribution in [2.45, 2.75) is 12.6 Å². The number of pyridine rings is 1. The lowest BCUT2D eigenvalue weighted by Crippen LogP contribution is -2.13. The van der Waals surface area contributed by atoms with Gasteiger partial charge in [-0.15, -0.1) is 0 Å². The summed E-state index contributed by atoms with van der Waals surface area (Å²) >= 11 is 0. The summed E-state index contributed by atoms with van der Waals surface area (Å²) < 4.78 is 66.2. The number of hydrogen-bond donors (Lipinski definition) is 1. The van der Waals surface area contributed by atoms with Crippen molar-refractivity contribution in [1.82, 2.24) is 4.98 Å². The molecule has 1 heterocycles. The van der Waals surface area contributed by atoms with Crippen LogP contribution in [0.2, 0.25) is 0 Å². The van der Waals surface area contributed by atoms with E-state index in [9.17, 15) is 22.0 Å². The van der Waals surface area contributed by atoms with Gasteiger partial charge in [0.15, 0.2) is 0 Å². The van der Waals surface area contributed by atoms with E-state index in [-0.39, 0.29) is 0 Å². The van der Waals surface area contributed by atoms with Gasteiger partial charge in [-0.05, 0) is 0 Å². The van der Waals surface area contributed by atoms with Gasteiger partial charge >= 0.3 is 6.18 Å². The number of nitrogens with two attached hydrogens (primary N) is 1. The minimum absolute atomic E-state index is 0.518. The van der Waals surface area contributed by atoms with Gasteiger partial charge in [-0.3, -0.25) is 0 Å². The molecule has 0 aliphatic heterocycles. The summed E-state index contributed by atoms with van der Waals surface area (Å²) in [6.07, 6.45) is -7.82. The third-order valence-corrected chi connectivity index (χ3v) is 1.76. The van der Waals surface area contributed by atoms with E-state index in [1.165, 1.54) is 0 Å². The van der Waals surface area contributed by atoms with Gasteiger partial charge in [-0.2, -0.15) is 13.2 Å². The second-order valence-corrected chi connectivity index (χ2v) is 2.81. The minimum Gasteiger partial charge on any atom is -0.496 e. The fourth-order valence-electron chi connectivity index (χ4n) is 1.12. The maximum Gasteiger partial charge on any atom is 0.423 e. The van der Waals surface area contributed by atoms with Crippen LogP contribution >= 0.6 is 0 Å². The predicted octanol–water partition coefficient (Wildman–Crippen LogP) is 2.63. The molecule has 0 aromatic carbocycles. The maximum absolute atomic E-state index is 12.4. The van der Waals surface area contributed by atoms with Crippen LogP contribution in [-0.4, -0.2) is 12.1 Å². The Kier molecular flexibility index (Phi) is 3.20. The standard InChI is InChI=1S/C8H7F5N2O/c1-16-4-2-3(6(9)10)15-7(14)5(4)8(11,12)13/h2,6H,1H3,(H2,14,15). The van der Waals surface area contributed by atoms with E-state index in [4.69, 9.17) is 5.73 Å². The monoisotopic (exact) mass is 242 g/mol. The number of nitrogen functional groups attached to an aromatic ring is 1. The first-order valence-corrected chi connectivity index (χ1v) is 3.97. The number of hydrogen-bond acceptors (Lipinski definition) is 3. The molecule has 0 aliphatic carbocycles. The largest absolute Gasteiger partial charge is 0.496 e. The molecule has 0 radical (unpaired) electrons. The fourth-order valence-corrected chi connectivity index (χ4v) is 1.12. The second-order valence-electron chi connectivity index (χ2n) is 2.81. The number of halogens is 5. The summed E-state index contributed by atoms with van der Waals surface area (Å²) in [5.74, 6) is -1.79. The molecule has 3 nitrogen and oxygen atoms in total. The van der Waals surface area contributed by atoms with Gasteiger partial charge in [0.05, 0.1) is 7.11 Å². The molecule has 90 valence electrons. The summed E-state index contributed by atoms with van der Waals surface area (Å²) in [4.78, 5) is 2.98. The van der Waals surface area contributed by atoms with Crippen LogP contribution in [0.4, 0.5) is 27.8 Å². The first kappa shape index (κ1) is 12.5. The number of nitrogens with zero attached hydrogens (tertiary/aromatic N) is 1. The van der Waals surface area contributed by atoms with Crippen molar-refractivity contribution in [3.05, 3.63) is 17.3 Å². The van der Waals surface area contributed by atoms with Crippen LogP contribution in [0, 0.1) is 0 Å². The van der Waals surface area contributed by atoms with Gasteiger partial charge in [0, 0.05) is 6.07 Å². The highest BCUT2D eigenvalue weighted by molar-refractivity contribution is 5.52. The Balaban J connectivity index is 3.41. The number of methoxy groups -OCH3 is 1. The lowest BCUT2D eigenvalue weighted by molar-refractivity contribution is -0.138. The number of alkyl halides is 5. The third-order valence-electron chi connectivity index (χ3n) is 1.76. The summed E-state index contributed by atoms with van der Waals surface area (Å²) in [7, 11) is 0.930. The van der Waals surface area contributed by atoms with Crippen LogP contribution in [0.3, 0.4) is 0 Å². The molecule has 1 rings (SSSR count). The maximum atomic E-state index is 12.4. The molecule has 0 bridgehead atoms. The van der Waals surface area contributed by atoms with Crippen molar-refractivity contribution in [1.29, 1.82) is 0 Å². The summed E-state index contributed by atoms with van der Waals surface area (Å²) in [5, 5.41) is 0. The average Bonchev–Trinajstić information content (AvgIpc) is 2.14. The fraction of sp³-hybridized carbons (Fsp3) is 0.375. The molecular weight excluding hydrogens is 235 g/mol. The van der Waals surface area contributed by atoms with Crippen LogP contribution in [0.25, 0.3) is 0 Å². The summed E-state index contributed by atoms with van der Waals surface area (Å²) in [5.41, 5.74) is 2.77. The van der Waals surface area contributed by atoms with Crippen LogP contribution in [0.15, 0.2) is 6.07 Å². The molecule has 0 amide bonds. The molecule has 8 heteroatoms. The van der Waals surface area contributed by atoms with Crippen LogP contribution < -0.4 is 10.5 Å². The molecule has 0 spiro atoms. The topological polar surface area (TPSA) is 48.1 Å². The van der Waals surface area contributed by atoms with Gasteiger partial charge in [0.2, 0.25) is 0 Å². The Hall–Kier alpha value is -1.60. The van der Waals surface area contributed by atoms with Gasteiger partial charge in [-0.1, -0.05) is 0 Å². The van der Waals surface area contributed by atoms with Crippen molar-refractivity contribution in [3.8, 4) is 5.75 Å². The highest BCUT2D eigenvalue weighted by Gasteiger charge is 2.38. The zero-order valence-electron chi connectivity index (χ0n) is 7.98. The van der Waals surface area contributed by atoms with Crippen molar-refractivity contribution in [3.63, 3.8) is 0 Å². The highest BCUT2D eigenvalue weighted by Crippen LogP contribution is 2.40.